The van der Waals surface area contributed by atoms with E-state index >= 15 is 0 Å². The van der Waals surface area contributed by atoms with Gasteiger partial charge in [0.05, 0.1) is 11.6 Å². The summed E-state index contributed by atoms with van der Waals surface area (Å²) in [4.78, 5) is 2.15. The molecule has 0 aromatic rings. The lowest BCUT2D eigenvalue weighted by Gasteiger charge is -2.23. The summed E-state index contributed by atoms with van der Waals surface area (Å²) in [6.45, 7) is 1.05. The van der Waals surface area contributed by atoms with Crippen LogP contribution in [-0.4, -0.2) is 23.6 Å². The van der Waals surface area contributed by atoms with Crippen molar-refractivity contribution in [2.45, 2.75) is 19.3 Å². The molecule has 0 N–H and O–H groups in total. The molecule has 0 aromatic carbocycles. The molecule has 0 fully saturated rings. The molecule has 0 aromatic heterocycles. The van der Waals surface area contributed by atoms with Crippen molar-refractivity contribution >= 4 is 12.2 Å². The molecule has 13 heavy (non-hydrogen) atoms. The highest BCUT2D eigenvalue weighted by Crippen LogP contribution is 2.28. The van der Waals surface area contributed by atoms with Crippen LogP contribution < -0.4 is 5.10 Å². The Balaban J connectivity index is 2.03. The van der Waals surface area contributed by atoms with Crippen molar-refractivity contribution in [3.05, 3.63) is 23.3 Å². The Kier molecular flexibility index (Phi) is 1.39. The van der Waals surface area contributed by atoms with Crippen molar-refractivity contribution in [2.75, 3.05) is 6.54 Å². The number of fused-ring (bicyclic) bond motifs is 2. The second-order valence-corrected chi connectivity index (χ2v) is 3.56. The summed E-state index contributed by atoms with van der Waals surface area (Å²) in [5.41, 5.74) is 2.97. The summed E-state index contributed by atoms with van der Waals surface area (Å²) in [7, 11) is 0. The van der Waals surface area contributed by atoms with Gasteiger partial charge in [-0.15, -0.1) is 0 Å². The monoisotopic (exact) mass is 173 g/mol. The maximum absolute atomic E-state index is 4.16. The van der Waals surface area contributed by atoms with Gasteiger partial charge >= 0.3 is 6.34 Å². The molecule has 0 spiro atoms. The van der Waals surface area contributed by atoms with Crippen LogP contribution in [-0.2, 0) is 0 Å². The Hall–Kier alpha value is -1.38. The quantitative estimate of drug-likeness (QED) is 0.503. The zero-order valence-corrected chi connectivity index (χ0v) is 7.40. The lowest BCUT2D eigenvalue weighted by atomic mass is 9.90. The van der Waals surface area contributed by atoms with Gasteiger partial charge in [-0.05, 0) is 12.8 Å². The van der Waals surface area contributed by atoms with Crippen LogP contribution in [0.25, 0.3) is 0 Å². The molecule has 3 nitrogen and oxygen atoms in total. The summed E-state index contributed by atoms with van der Waals surface area (Å²) in [6, 6.07) is 0. The molecule has 1 radical (unpaired) electrons. The Bertz CT molecular complexity index is 358. The molecule has 2 aliphatic heterocycles. The first-order valence-electron chi connectivity index (χ1n) is 4.69. The Morgan fingerprint density at radius 1 is 1.31 bits per heavy atom. The van der Waals surface area contributed by atoms with E-state index in [4.69, 9.17) is 0 Å². The highest BCUT2D eigenvalue weighted by atomic mass is 15.4. The summed E-state index contributed by atoms with van der Waals surface area (Å²) in [5.74, 6) is 1.09. The van der Waals surface area contributed by atoms with Gasteiger partial charge in [0.2, 0.25) is 0 Å². The highest BCUT2D eigenvalue weighted by molar-refractivity contribution is 6.07. The number of allylic oxidation sites excluding steroid dienone is 2. The van der Waals surface area contributed by atoms with Crippen LogP contribution in [0.1, 0.15) is 19.3 Å². The first-order valence-corrected chi connectivity index (χ1v) is 4.69. The van der Waals surface area contributed by atoms with Gasteiger partial charge in [-0.3, -0.25) is 0 Å². The normalized spacial score (nSPS) is 24.6. The lowest BCUT2D eigenvalue weighted by Crippen LogP contribution is -2.34. The van der Waals surface area contributed by atoms with Gasteiger partial charge in [0.15, 0.2) is 0 Å². The van der Waals surface area contributed by atoms with Crippen molar-refractivity contribution < 1.29 is 0 Å². The van der Waals surface area contributed by atoms with E-state index in [-0.39, 0.29) is 0 Å². The minimum Gasteiger partial charge on any atom is -0.209 e. The van der Waals surface area contributed by atoms with Crippen molar-refractivity contribution in [1.82, 2.24) is 10.0 Å². The third-order valence-electron chi connectivity index (χ3n) is 2.82. The second kappa shape index (κ2) is 2.55. The van der Waals surface area contributed by atoms with Crippen molar-refractivity contribution in [1.29, 1.82) is 0 Å². The van der Waals surface area contributed by atoms with Crippen LogP contribution in [0.4, 0.5) is 0 Å². The van der Waals surface area contributed by atoms with E-state index in [0.29, 0.717) is 0 Å². The van der Waals surface area contributed by atoms with Crippen molar-refractivity contribution in [2.24, 2.45) is 5.10 Å². The highest BCUT2D eigenvalue weighted by Gasteiger charge is 2.33. The molecule has 65 valence electrons. The lowest BCUT2D eigenvalue weighted by molar-refractivity contribution is 0.598. The average Bonchev–Trinajstić information content (AvgIpc) is 2.65. The van der Waals surface area contributed by atoms with Crippen LogP contribution in [0.15, 0.2) is 28.4 Å². The minimum atomic E-state index is 1.04. The van der Waals surface area contributed by atoms with Crippen LogP contribution in [0.2, 0.25) is 0 Å². The van der Waals surface area contributed by atoms with Gasteiger partial charge in [0.25, 0.3) is 5.84 Å². The predicted molar refractivity (Wildman–Crippen MR) is 52.4 cm³/mol. The molecule has 1 aliphatic carbocycles. The van der Waals surface area contributed by atoms with Gasteiger partial charge in [0.1, 0.15) is 0 Å². The molecule has 0 amide bonds. The fraction of sp³-hybridized carbons (Fsp3) is 0.400. The fourth-order valence-electron chi connectivity index (χ4n) is 2.10. The number of nitrogens with zero attached hydrogens (tertiary/aromatic N) is 3. The van der Waals surface area contributed by atoms with E-state index in [9.17, 15) is 0 Å². The van der Waals surface area contributed by atoms with E-state index < -0.39 is 0 Å². The molecular formula is C10H11N3+. The van der Waals surface area contributed by atoms with E-state index in [1.54, 1.807) is 5.57 Å². The first kappa shape index (κ1) is 7.06. The number of rotatable bonds is 0. The molecule has 0 saturated heterocycles. The maximum atomic E-state index is 4.16. The van der Waals surface area contributed by atoms with Gasteiger partial charge in [-0.25, -0.2) is 4.90 Å². The third kappa shape index (κ3) is 0.963. The van der Waals surface area contributed by atoms with E-state index in [0.717, 1.165) is 25.2 Å². The number of hydrogen-bond acceptors (Lipinski definition) is 3. The zero-order valence-electron chi connectivity index (χ0n) is 7.40. The van der Waals surface area contributed by atoms with E-state index in [1.165, 1.54) is 12.0 Å². The molecule has 0 saturated carbocycles. The van der Waals surface area contributed by atoms with E-state index in [2.05, 4.69) is 27.3 Å². The van der Waals surface area contributed by atoms with Crippen molar-refractivity contribution in [3.8, 4) is 0 Å². The number of amidine groups is 1. The Labute approximate surface area is 77.1 Å². The topological polar surface area (TPSA) is 29.7 Å². The van der Waals surface area contributed by atoms with Gasteiger partial charge < -0.3 is 0 Å². The molecule has 3 heteroatoms. The summed E-state index contributed by atoms with van der Waals surface area (Å²) in [6.07, 6.45) is 9.63. The van der Waals surface area contributed by atoms with Gasteiger partial charge in [0, 0.05) is 17.1 Å². The summed E-state index contributed by atoms with van der Waals surface area (Å²) < 4.78 is 0. The zero-order chi connectivity index (χ0) is 8.67. The molecule has 0 bridgehead atoms. The largest absolute Gasteiger partial charge is 0.316 e. The molecular weight excluding hydrogens is 162 g/mol. The molecule has 0 atom stereocenters. The summed E-state index contributed by atoms with van der Waals surface area (Å²) in [5, 5.41) is 8.11. The SMILES string of the molecule is C1=CCC2=C(C1)CCN1C=[N+]N=C21. The minimum absolute atomic E-state index is 1.04. The maximum Gasteiger partial charge on any atom is 0.316 e. The molecule has 2 heterocycles. The van der Waals surface area contributed by atoms with Crippen LogP contribution in [0.3, 0.4) is 0 Å². The second-order valence-electron chi connectivity index (χ2n) is 3.56. The first-order chi connectivity index (χ1) is 6.45. The standard InChI is InChI=1S/C10H11N3/c1-2-4-9-8(3-1)5-6-13-7-11-12-10(9)13/h1-2,7H,3-6H2/q+1. The average molecular weight is 173 g/mol. The van der Waals surface area contributed by atoms with E-state index in [1.807, 2.05) is 6.34 Å². The molecule has 3 rings (SSSR count). The van der Waals surface area contributed by atoms with Crippen LogP contribution >= 0.6 is 0 Å². The number of hydrogen-bond donors (Lipinski definition) is 0. The molecule has 3 aliphatic rings. The van der Waals surface area contributed by atoms with Gasteiger partial charge in [-0.1, -0.05) is 17.7 Å². The van der Waals surface area contributed by atoms with Crippen LogP contribution in [0.5, 0.6) is 0 Å². The van der Waals surface area contributed by atoms with Gasteiger partial charge in [-0.2, -0.15) is 0 Å². The van der Waals surface area contributed by atoms with Crippen LogP contribution in [0, 0.1) is 0 Å². The predicted octanol–water partition coefficient (Wildman–Crippen LogP) is 1.03. The van der Waals surface area contributed by atoms with Crippen molar-refractivity contribution in [3.63, 3.8) is 0 Å². The Morgan fingerprint density at radius 2 is 2.23 bits per heavy atom. The Morgan fingerprint density at radius 3 is 3.23 bits per heavy atom. The summed E-state index contributed by atoms with van der Waals surface area (Å²) >= 11 is 0. The fourth-order valence-corrected chi connectivity index (χ4v) is 2.10. The molecule has 0 unspecified atom stereocenters. The third-order valence-corrected chi connectivity index (χ3v) is 2.82. The smallest absolute Gasteiger partial charge is 0.209 e.